The zero-order valence-corrected chi connectivity index (χ0v) is 20.2. The monoisotopic (exact) mass is 481 g/mol. The molecule has 0 heterocycles. The number of halogens is 1. The average molecular weight is 482 g/mol. The molecule has 0 bridgehead atoms. The fourth-order valence-electron chi connectivity index (χ4n) is 2.71. The van der Waals surface area contributed by atoms with Gasteiger partial charge in [0.05, 0.1) is 4.90 Å². The molecule has 0 aromatic heterocycles. The number of carbonyl (C=O) groups excluding carboxylic acids is 2. The van der Waals surface area contributed by atoms with Crippen LogP contribution in [0.25, 0.3) is 0 Å². The molecule has 0 radical (unpaired) electrons. The van der Waals surface area contributed by atoms with Crippen molar-refractivity contribution >= 4 is 44.9 Å². The number of carbonyl (C=O) groups is 2. The summed E-state index contributed by atoms with van der Waals surface area (Å²) in [4.78, 5) is 27.0. The smallest absolute Gasteiger partial charge is 0.325 e. The predicted molar refractivity (Wildman–Crippen MR) is 125 cm³/mol. The van der Waals surface area contributed by atoms with Gasteiger partial charge >= 0.3 is 5.97 Å². The Morgan fingerprint density at radius 2 is 1.66 bits per heavy atom. The van der Waals surface area contributed by atoms with Gasteiger partial charge in [-0.05, 0) is 55.3 Å². The van der Waals surface area contributed by atoms with Crippen LogP contribution in [0.1, 0.15) is 20.8 Å². The molecule has 174 valence electrons. The maximum absolute atomic E-state index is 12.7. The van der Waals surface area contributed by atoms with Gasteiger partial charge in [0.1, 0.15) is 6.04 Å². The number of hydrogen-bond donors (Lipinski definition) is 2. The van der Waals surface area contributed by atoms with Gasteiger partial charge in [-0.2, -0.15) is 4.72 Å². The number of benzene rings is 2. The molecule has 0 aliphatic carbocycles. The Hall–Kier alpha value is -2.62. The standard InChI is InChI=1S/C22H28ClN3O5S/c1-14(2)20(25-32(29,30)19-8-6-7-16(23)13-19)22(28)31-15(3)21(27)24-17-9-11-18(12-10-17)26(4)5/h6-15,20,25H,1-5H3,(H,24,27)/t15-,20+/m1/s1. The first-order valence-corrected chi connectivity index (χ1v) is 11.8. The van der Waals surface area contributed by atoms with Gasteiger partial charge in [0.15, 0.2) is 6.10 Å². The summed E-state index contributed by atoms with van der Waals surface area (Å²) in [5, 5.41) is 2.92. The summed E-state index contributed by atoms with van der Waals surface area (Å²) in [5.41, 5.74) is 1.51. The molecular weight excluding hydrogens is 454 g/mol. The molecule has 0 saturated heterocycles. The number of anilines is 2. The van der Waals surface area contributed by atoms with Gasteiger partial charge < -0.3 is 15.0 Å². The van der Waals surface area contributed by atoms with E-state index in [1.807, 2.05) is 31.1 Å². The minimum absolute atomic E-state index is 0.0737. The summed E-state index contributed by atoms with van der Waals surface area (Å²) >= 11 is 5.88. The van der Waals surface area contributed by atoms with Crippen molar-refractivity contribution in [3.8, 4) is 0 Å². The lowest BCUT2D eigenvalue weighted by molar-refractivity contribution is -0.155. The minimum atomic E-state index is -4.03. The van der Waals surface area contributed by atoms with Crippen LogP contribution in [-0.2, 0) is 24.3 Å². The summed E-state index contributed by atoms with van der Waals surface area (Å²) < 4.78 is 33.0. The molecule has 2 atom stereocenters. The van der Waals surface area contributed by atoms with Crippen molar-refractivity contribution < 1.29 is 22.7 Å². The summed E-state index contributed by atoms with van der Waals surface area (Å²) in [7, 11) is -0.220. The number of esters is 1. The Morgan fingerprint density at radius 1 is 1.03 bits per heavy atom. The molecule has 1 amide bonds. The predicted octanol–water partition coefficient (Wildman–Crippen LogP) is 3.28. The molecule has 0 aliphatic heterocycles. The van der Waals surface area contributed by atoms with Gasteiger partial charge in [0.2, 0.25) is 10.0 Å². The highest BCUT2D eigenvalue weighted by atomic mass is 35.5. The second-order valence-corrected chi connectivity index (χ2v) is 9.96. The van der Waals surface area contributed by atoms with Gasteiger partial charge in [-0.15, -0.1) is 0 Å². The van der Waals surface area contributed by atoms with Crippen LogP contribution < -0.4 is 14.9 Å². The topological polar surface area (TPSA) is 105 Å². The fourth-order valence-corrected chi connectivity index (χ4v) is 4.35. The van der Waals surface area contributed by atoms with Crippen molar-refractivity contribution in [1.82, 2.24) is 4.72 Å². The Morgan fingerprint density at radius 3 is 2.19 bits per heavy atom. The molecule has 0 saturated carbocycles. The van der Waals surface area contributed by atoms with Gasteiger partial charge in [0, 0.05) is 30.5 Å². The first kappa shape index (κ1) is 25.6. The number of rotatable bonds is 9. The molecule has 2 aromatic carbocycles. The molecule has 0 spiro atoms. The Labute approximate surface area is 193 Å². The van der Waals surface area contributed by atoms with E-state index in [1.54, 1.807) is 32.0 Å². The lowest BCUT2D eigenvalue weighted by Crippen LogP contribution is -2.47. The molecule has 2 N–H and O–H groups in total. The molecule has 8 nitrogen and oxygen atoms in total. The third-order valence-corrected chi connectivity index (χ3v) is 6.30. The highest BCUT2D eigenvalue weighted by Crippen LogP contribution is 2.18. The van der Waals surface area contributed by atoms with E-state index in [-0.39, 0.29) is 9.92 Å². The number of amides is 1. The number of sulfonamides is 1. The van der Waals surface area contributed by atoms with Crippen molar-refractivity contribution in [2.45, 2.75) is 37.8 Å². The van der Waals surface area contributed by atoms with Gasteiger partial charge in [-0.25, -0.2) is 8.42 Å². The normalized spacial score (nSPS) is 13.3. The lowest BCUT2D eigenvalue weighted by Gasteiger charge is -2.23. The maximum atomic E-state index is 12.7. The van der Waals surface area contributed by atoms with Crippen LogP contribution in [0, 0.1) is 5.92 Å². The quantitative estimate of drug-likeness (QED) is 0.532. The second-order valence-electron chi connectivity index (χ2n) is 7.81. The molecule has 0 fully saturated rings. The van der Waals surface area contributed by atoms with Crippen molar-refractivity contribution in [1.29, 1.82) is 0 Å². The first-order chi connectivity index (χ1) is 14.9. The summed E-state index contributed by atoms with van der Waals surface area (Å²) in [6.07, 6.45) is -1.13. The molecule has 2 rings (SSSR count). The van der Waals surface area contributed by atoms with Crippen molar-refractivity contribution in [2.24, 2.45) is 5.92 Å². The van der Waals surface area contributed by atoms with E-state index in [4.69, 9.17) is 16.3 Å². The van der Waals surface area contributed by atoms with Crippen molar-refractivity contribution in [3.63, 3.8) is 0 Å². The van der Waals surface area contributed by atoms with Crippen LogP contribution >= 0.6 is 11.6 Å². The number of nitrogens with one attached hydrogen (secondary N) is 2. The number of nitrogens with zero attached hydrogens (tertiary/aromatic N) is 1. The van der Waals surface area contributed by atoms with E-state index in [9.17, 15) is 18.0 Å². The van der Waals surface area contributed by atoms with Gasteiger partial charge in [0.25, 0.3) is 5.91 Å². The largest absolute Gasteiger partial charge is 0.451 e. The number of hydrogen-bond acceptors (Lipinski definition) is 6. The lowest BCUT2D eigenvalue weighted by atomic mass is 10.1. The highest BCUT2D eigenvalue weighted by molar-refractivity contribution is 7.89. The molecule has 2 aromatic rings. The van der Waals surface area contributed by atoms with Crippen LogP contribution in [0.4, 0.5) is 11.4 Å². The van der Waals surface area contributed by atoms with Crippen LogP contribution in [0.5, 0.6) is 0 Å². The van der Waals surface area contributed by atoms with Crippen LogP contribution in [0.3, 0.4) is 0 Å². The van der Waals surface area contributed by atoms with Crippen molar-refractivity contribution in [3.05, 3.63) is 53.6 Å². The molecule has 0 unspecified atom stereocenters. The number of ether oxygens (including phenoxy) is 1. The Kier molecular flexibility index (Phi) is 8.65. The van der Waals surface area contributed by atoms with Gasteiger partial charge in [-0.3, -0.25) is 9.59 Å². The SMILES string of the molecule is CC(C)[C@H](NS(=O)(=O)c1cccc(Cl)c1)C(=O)O[C@H](C)C(=O)Nc1ccc(N(C)C)cc1. The second kappa shape index (κ2) is 10.8. The zero-order valence-electron chi connectivity index (χ0n) is 18.6. The summed E-state index contributed by atoms with van der Waals surface area (Å²) in [6, 6.07) is 11.7. The summed E-state index contributed by atoms with van der Waals surface area (Å²) in [6.45, 7) is 4.76. The third kappa shape index (κ3) is 6.94. The van der Waals surface area contributed by atoms with E-state index in [2.05, 4.69) is 10.0 Å². The van der Waals surface area contributed by atoms with E-state index in [0.29, 0.717) is 5.69 Å². The van der Waals surface area contributed by atoms with E-state index >= 15 is 0 Å². The van der Waals surface area contributed by atoms with Crippen LogP contribution in [0.15, 0.2) is 53.4 Å². The highest BCUT2D eigenvalue weighted by Gasteiger charge is 2.32. The minimum Gasteiger partial charge on any atom is -0.451 e. The third-order valence-electron chi connectivity index (χ3n) is 4.62. The molecule has 10 heteroatoms. The molecule has 32 heavy (non-hydrogen) atoms. The van der Waals surface area contributed by atoms with E-state index < -0.39 is 40.0 Å². The van der Waals surface area contributed by atoms with Crippen LogP contribution in [-0.4, -0.2) is 46.5 Å². The van der Waals surface area contributed by atoms with Crippen LogP contribution in [0.2, 0.25) is 5.02 Å². The average Bonchev–Trinajstić information content (AvgIpc) is 2.72. The van der Waals surface area contributed by atoms with Crippen molar-refractivity contribution in [2.75, 3.05) is 24.3 Å². The fraction of sp³-hybridized carbons (Fsp3) is 0.364. The Bertz CT molecular complexity index is 1060. The van der Waals surface area contributed by atoms with E-state index in [1.165, 1.54) is 25.1 Å². The Balaban J connectivity index is 2.05. The molecular formula is C22H28ClN3O5S. The van der Waals surface area contributed by atoms with Gasteiger partial charge in [-0.1, -0.05) is 31.5 Å². The summed E-state index contributed by atoms with van der Waals surface area (Å²) in [5.74, 6) is -1.81. The first-order valence-electron chi connectivity index (χ1n) is 9.97. The zero-order chi connectivity index (χ0) is 24.1. The molecule has 0 aliphatic rings. The maximum Gasteiger partial charge on any atom is 0.325 e. The van der Waals surface area contributed by atoms with E-state index in [0.717, 1.165) is 5.69 Å².